The van der Waals surface area contributed by atoms with Crippen LogP contribution in [0.3, 0.4) is 0 Å². The predicted molar refractivity (Wildman–Crippen MR) is 143 cm³/mol. The molecule has 4 heterocycles. The number of amides is 2. The lowest BCUT2D eigenvalue weighted by atomic mass is 10.1. The van der Waals surface area contributed by atoms with Gasteiger partial charge in [0, 0.05) is 36.2 Å². The second-order valence-corrected chi connectivity index (χ2v) is 11.5. The summed E-state index contributed by atoms with van der Waals surface area (Å²) in [5.41, 5.74) is 9.13. The number of pyridine rings is 1. The molecule has 5 rings (SSSR count). The van der Waals surface area contributed by atoms with Gasteiger partial charge in [-0.15, -0.1) is 21.5 Å². The topological polar surface area (TPSA) is 123 Å². The lowest BCUT2D eigenvalue weighted by Gasteiger charge is -2.26. The van der Waals surface area contributed by atoms with E-state index < -0.39 is 5.60 Å². The van der Waals surface area contributed by atoms with E-state index in [1.54, 1.807) is 4.90 Å². The maximum atomic E-state index is 13.0. The number of nitrogens with one attached hydrogen (secondary N) is 1. The van der Waals surface area contributed by atoms with E-state index in [0.29, 0.717) is 46.5 Å². The van der Waals surface area contributed by atoms with Crippen molar-refractivity contribution in [3.8, 4) is 10.6 Å². The first-order chi connectivity index (χ1) is 17.2. The van der Waals surface area contributed by atoms with Crippen molar-refractivity contribution in [1.82, 2.24) is 20.1 Å². The van der Waals surface area contributed by atoms with E-state index in [4.69, 9.17) is 15.5 Å². The molecule has 3 aromatic heterocycles. The van der Waals surface area contributed by atoms with Crippen molar-refractivity contribution in [3.63, 3.8) is 0 Å². The highest BCUT2D eigenvalue weighted by atomic mass is 32.1. The molecule has 0 unspecified atom stereocenters. The van der Waals surface area contributed by atoms with E-state index in [9.17, 15) is 9.59 Å². The first-order valence-corrected chi connectivity index (χ1v) is 13.2. The molecule has 36 heavy (non-hydrogen) atoms. The Morgan fingerprint density at radius 2 is 1.83 bits per heavy atom. The van der Waals surface area contributed by atoms with Gasteiger partial charge in [-0.05, 0) is 38.8 Å². The number of thiophene rings is 1. The summed E-state index contributed by atoms with van der Waals surface area (Å²) < 4.78 is 5.53. The van der Waals surface area contributed by atoms with Crippen LogP contribution < -0.4 is 11.1 Å². The zero-order valence-corrected chi connectivity index (χ0v) is 21.8. The van der Waals surface area contributed by atoms with E-state index in [1.807, 2.05) is 57.2 Å². The number of carbonyl (C=O) groups excluding carboxylic acids is 2. The number of aromatic nitrogens is 3. The summed E-state index contributed by atoms with van der Waals surface area (Å²) in [6, 6.07) is 11.7. The summed E-state index contributed by atoms with van der Waals surface area (Å²) in [4.78, 5) is 33.2. The molecule has 0 radical (unpaired) electrons. The Balaban J connectivity index is 1.33. The maximum absolute atomic E-state index is 13.0. The number of benzene rings is 1. The number of hydrogen-bond donors (Lipinski definition) is 2. The van der Waals surface area contributed by atoms with Crippen molar-refractivity contribution >= 4 is 55.7 Å². The highest BCUT2D eigenvalue weighted by molar-refractivity contribution is 7.21. The number of ether oxygens (including phenoxy) is 1. The second kappa shape index (κ2) is 9.47. The van der Waals surface area contributed by atoms with E-state index in [1.165, 1.54) is 22.7 Å². The average Bonchev–Trinajstić information content (AvgIpc) is 3.35. The summed E-state index contributed by atoms with van der Waals surface area (Å²) in [5.74, 6) is -0.336. The van der Waals surface area contributed by atoms with Gasteiger partial charge >= 0.3 is 6.09 Å². The minimum atomic E-state index is -0.541. The van der Waals surface area contributed by atoms with Crippen molar-refractivity contribution in [2.75, 3.05) is 24.1 Å². The fourth-order valence-electron chi connectivity index (χ4n) is 3.96. The van der Waals surface area contributed by atoms with E-state index in [-0.39, 0.29) is 12.0 Å². The van der Waals surface area contributed by atoms with Gasteiger partial charge in [-0.1, -0.05) is 41.7 Å². The Bertz CT molecular complexity index is 1440. The highest BCUT2D eigenvalue weighted by Crippen LogP contribution is 2.35. The van der Waals surface area contributed by atoms with Crippen LogP contribution in [-0.4, -0.2) is 50.8 Å². The number of fused-ring (bicyclic) bond motifs is 2. The Morgan fingerprint density at radius 1 is 1.08 bits per heavy atom. The van der Waals surface area contributed by atoms with Gasteiger partial charge in [-0.25, -0.2) is 9.78 Å². The van der Waals surface area contributed by atoms with Crippen molar-refractivity contribution in [1.29, 1.82) is 0 Å². The molecule has 1 aliphatic heterocycles. The number of hydrogen-bond acceptors (Lipinski definition) is 9. The third kappa shape index (κ3) is 5.02. The van der Waals surface area contributed by atoms with Crippen LogP contribution in [0.4, 0.5) is 15.6 Å². The summed E-state index contributed by atoms with van der Waals surface area (Å²) in [6.07, 6.45) is 0.931. The van der Waals surface area contributed by atoms with Crippen molar-refractivity contribution in [3.05, 3.63) is 52.5 Å². The van der Waals surface area contributed by atoms with Crippen LogP contribution in [0.1, 0.15) is 41.7 Å². The third-order valence-electron chi connectivity index (χ3n) is 5.68. The van der Waals surface area contributed by atoms with E-state index in [0.717, 1.165) is 27.2 Å². The zero-order chi connectivity index (χ0) is 25.4. The largest absolute Gasteiger partial charge is 0.444 e. The van der Waals surface area contributed by atoms with Crippen LogP contribution in [0.25, 0.3) is 20.8 Å². The fourth-order valence-corrected chi connectivity index (χ4v) is 5.70. The predicted octanol–water partition coefficient (Wildman–Crippen LogP) is 4.99. The number of anilines is 2. The van der Waals surface area contributed by atoms with E-state index in [2.05, 4.69) is 15.5 Å². The average molecular weight is 523 g/mol. The maximum Gasteiger partial charge on any atom is 0.410 e. The molecule has 1 aliphatic rings. The lowest BCUT2D eigenvalue weighted by molar-refractivity contribution is 0.0258. The first-order valence-electron chi connectivity index (χ1n) is 11.6. The molecule has 1 aromatic carbocycles. The normalized spacial score (nSPS) is 13.8. The molecule has 0 aliphatic carbocycles. The van der Waals surface area contributed by atoms with Crippen LogP contribution in [0.5, 0.6) is 0 Å². The van der Waals surface area contributed by atoms with Crippen LogP contribution >= 0.6 is 22.7 Å². The molecule has 2 amide bonds. The van der Waals surface area contributed by atoms with Gasteiger partial charge in [-0.2, -0.15) is 0 Å². The molecular weight excluding hydrogens is 496 g/mol. The molecule has 0 bridgehead atoms. The molecule has 3 N–H and O–H groups in total. The van der Waals surface area contributed by atoms with Crippen molar-refractivity contribution in [2.24, 2.45) is 0 Å². The quantitative estimate of drug-likeness (QED) is 0.389. The van der Waals surface area contributed by atoms with Gasteiger partial charge in [0.05, 0.1) is 5.69 Å². The zero-order valence-electron chi connectivity index (χ0n) is 20.2. The number of nitrogens with zero attached hydrogens (tertiary/aromatic N) is 4. The van der Waals surface area contributed by atoms with Gasteiger partial charge in [0.2, 0.25) is 5.13 Å². The molecular formula is C25H26N6O3S2. The Morgan fingerprint density at radius 3 is 2.58 bits per heavy atom. The summed E-state index contributed by atoms with van der Waals surface area (Å²) in [7, 11) is 0. The standard InChI is InChI=1S/C25H26N6O3S2/c1-25(2,3)34-24(33)31-11-9-15-13-16-18(26)19(35-22(16)27-17(15)10-12-31)20(32)28-23-30-29-21(36-23)14-7-5-4-6-8-14/h4-8,13H,9-12,26H2,1-3H3,(H,28,30,32). The smallest absolute Gasteiger partial charge is 0.410 e. The van der Waals surface area contributed by atoms with Crippen LogP contribution in [0.2, 0.25) is 0 Å². The van der Waals surface area contributed by atoms with Crippen LogP contribution in [0.15, 0.2) is 36.4 Å². The summed E-state index contributed by atoms with van der Waals surface area (Å²) in [5, 5.41) is 13.0. The Kier molecular flexibility index (Phi) is 6.35. The summed E-state index contributed by atoms with van der Waals surface area (Å²) in [6.45, 7) is 6.63. The van der Waals surface area contributed by atoms with Gasteiger partial charge in [0.25, 0.3) is 5.91 Å². The van der Waals surface area contributed by atoms with Gasteiger partial charge in [0.15, 0.2) is 0 Å². The van der Waals surface area contributed by atoms with Crippen molar-refractivity contribution in [2.45, 2.75) is 39.2 Å². The van der Waals surface area contributed by atoms with Crippen molar-refractivity contribution < 1.29 is 14.3 Å². The third-order valence-corrected chi connectivity index (χ3v) is 7.69. The minimum absolute atomic E-state index is 0.317. The molecule has 0 saturated carbocycles. The van der Waals surface area contributed by atoms with Crippen LogP contribution in [0, 0.1) is 0 Å². The molecule has 9 nitrogen and oxygen atoms in total. The molecule has 4 aromatic rings. The second-order valence-electron chi connectivity index (χ2n) is 9.49. The van der Waals surface area contributed by atoms with Gasteiger partial charge < -0.3 is 15.4 Å². The fraction of sp³-hybridized carbons (Fsp3) is 0.320. The Hall–Kier alpha value is -3.57. The molecule has 0 spiro atoms. The number of nitrogen functional groups attached to an aromatic ring is 1. The molecule has 0 saturated heterocycles. The number of nitrogens with two attached hydrogens (primary N) is 1. The van der Waals surface area contributed by atoms with Gasteiger partial charge in [-0.3, -0.25) is 10.1 Å². The number of carbonyl (C=O) groups is 2. The molecule has 0 atom stereocenters. The molecule has 0 fully saturated rings. The first kappa shape index (κ1) is 24.1. The lowest BCUT2D eigenvalue weighted by Crippen LogP contribution is -2.38. The van der Waals surface area contributed by atoms with Crippen LogP contribution in [-0.2, 0) is 17.6 Å². The Labute approximate surface area is 216 Å². The van der Waals surface area contributed by atoms with Gasteiger partial charge in [0.1, 0.15) is 20.3 Å². The summed E-state index contributed by atoms with van der Waals surface area (Å²) >= 11 is 2.55. The van der Waals surface area contributed by atoms with E-state index >= 15 is 0 Å². The molecule has 11 heteroatoms. The highest BCUT2D eigenvalue weighted by Gasteiger charge is 2.26. The number of rotatable bonds is 3. The molecule has 186 valence electrons. The monoisotopic (exact) mass is 522 g/mol. The minimum Gasteiger partial charge on any atom is -0.444 e. The SMILES string of the molecule is CC(C)(C)OC(=O)N1CCc2cc3c(N)c(C(=O)Nc4nnc(-c5ccccc5)s4)sc3nc2CC1.